The standard InChI is InChI=1S/C20H26N2O4S/c1-2-26-15-9-14-21-20(23)19(16-17-10-5-3-6-11-17)22-27(24,25)18-12-7-4-8-13-18/h3-8,10-13,19,22H,2,9,14-16H2,1H3,(H,21,23)/t19-/m0/s1. The Bertz CT molecular complexity index is 795. The van der Waals surface area contributed by atoms with Crippen molar-refractivity contribution in [3.63, 3.8) is 0 Å². The summed E-state index contributed by atoms with van der Waals surface area (Å²) in [5.41, 5.74) is 0.878. The topological polar surface area (TPSA) is 84.5 Å². The van der Waals surface area contributed by atoms with Crippen LogP contribution in [0.4, 0.5) is 0 Å². The molecule has 0 saturated carbocycles. The van der Waals surface area contributed by atoms with Crippen molar-refractivity contribution in [2.45, 2.75) is 30.7 Å². The van der Waals surface area contributed by atoms with Gasteiger partial charge in [-0.25, -0.2) is 8.42 Å². The predicted octanol–water partition coefficient (Wildman–Crippen LogP) is 2.12. The molecule has 27 heavy (non-hydrogen) atoms. The zero-order chi connectivity index (χ0) is 19.5. The van der Waals surface area contributed by atoms with E-state index < -0.39 is 16.1 Å². The Morgan fingerprint density at radius 3 is 2.30 bits per heavy atom. The summed E-state index contributed by atoms with van der Waals surface area (Å²) in [5, 5.41) is 2.79. The molecule has 0 unspecified atom stereocenters. The average Bonchev–Trinajstić information content (AvgIpc) is 2.68. The second kappa shape index (κ2) is 10.8. The smallest absolute Gasteiger partial charge is 0.241 e. The first-order chi connectivity index (χ1) is 13.0. The van der Waals surface area contributed by atoms with Crippen molar-refractivity contribution >= 4 is 15.9 Å². The zero-order valence-corrected chi connectivity index (χ0v) is 16.2. The van der Waals surface area contributed by atoms with Crippen LogP contribution in [-0.2, 0) is 26.0 Å². The van der Waals surface area contributed by atoms with E-state index in [0.29, 0.717) is 26.2 Å². The number of rotatable bonds is 11. The van der Waals surface area contributed by atoms with Crippen molar-refractivity contribution in [3.8, 4) is 0 Å². The highest BCUT2D eigenvalue weighted by Crippen LogP contribution is 2.11. The van der Waals surface area contributed by atoms with Crippen molar-refractivity contribution < 1.29 is 17.9 Å². The van der Waals surface area contributed by atoms with E-state index in [1.54, 1.807) is 18.2 Å². The second-order valence-corrected chi connectivity index (χ2v) is 7.73. The SMILES string of the molecule is CCOCCCNC(=O)[C@H](Cc1ccccc1)NS(=O)(=O)c1ccccc1. The molecule has 0 bridgehead atoms. The number of sulfonamides is 1. The van der Waals surface area contributed by atoms with Gasteiger partial charge >= 0.3 is 0 Å². The fraction of sp³-hybridized carbons (Fsp3) is 0.350. The van der Waals surface area contributed by atoms with E-state index in [-0.39, 0.29) is 17.2 Å². The molecule has 0 aromatic heterocycles. The lowest BCUT2D eigenvalue weighted by atomic mass is 10.1. The van der Waals surface area contributed by atoms with Gasteiger partial charge in [-0.3, -0.25) is 4.79 Å². The van der Waals surface area contributed by atoms with Crippen LogP contribution in [0.2, 0.25) is 0 Å². The lowest BCUT2D eigenvalue weighted by Gasteiger charge is -2.19. The molecular formula is C20H26N2O4S. The Morgan fingerprint density at radius 2 is 1.67 bits per heavy atom. The Morgan fingerprint density at radius 1 is 1.04 bits per heavy atom. The van der Waals surface area contributed by atoms with Crippen LogP contribution in [0.3, 0.4) is 0 Å². The minimum atomic E-state index is -3.80. The van der Waals surface area contributed by atoms with Gasteiger partial charge in [-0.15, -0.1) is 0 Å². The molecule has 146 valence electrons. The molecule has 1 amide bonds. The number of hydrogen-bond donors (Lipinski definition) is 2. The summed E-state index contributed by atoms with van der Waals surface area (Å²) in [6, 6.07) is 16.5. The summed E-state index contributed by atoms with van der Waals surface area (Å²) >= 11 is 0. The molecular weight excluding hydrogens is 364 g/mol. The minimum absolute atomic E-state index is 0.132. The number of ether oxygens (including phenoxy) is 1. The van der Waals surface area contributed by atoms with E-state index in [4.69, 9.17) is 4.74 Å². The molecule has 2 aromatic carbocycles. The Hall–Kier alpha value is -2.22. The zero-order valence-electron chi connectivity index (χ0n) is 15.4. The monoisotopic (exact) mass is 390 g/mol. The maximum absolute atomic E-state index is 12.6. The highest BCUT2D eigenvalue weighted by atomic mass is 32.2. The third-order valence-corrected chi connectivity index (χ3v) is 5.41. The number of hydrogen-bond acceptors (Lipinski definition) is 4. The van der Waals surface area contributed by atoms with Gasteiger partial charge in [-0.05, 0) is 37.5 Å². The maximum atomic E-state index is 12.6. The first-order valence-electron chi connectivity index (χ1n) is 8.99. The number of carbonyl (C=O) groups is 1. The van der Waals surface area contributed by atoms with E-state index in [0.717, 1.165) is 5.56 Å². The van der Waals surface area contributed by atoms with Crippen LogP contribution < -0.4 is 10.0 Å². The molecule has 0 fully saturated rings. The van der Waals surface area contributed by atoms with Gasteiger partial charge in [0.2, 0.25) is 15.9 Å². The van der Waals surface area contributed by atoms with E-state index >= 15 is 0 Å². The largest absolute Gasteiger partial charge is 0.382 e. The molecule has 6 nitrogen and oxygen atoms in total. The van der Waals surface area contributed by atoms with Crippen molar-refractivity contribution in [1.82, 2.24) is 10.0 Å². The normalized spacial score (nSPS) is 12.5. The van der Waals surface area contributed by atoms with E-state index in [1.165, 1.54) is 12.1 Å². The Labute approximate surface area is 161 Å². The average molecular weight is 391 g/mol. The van der Waals surface area contributed by atoms with Crippen LogP contribution in [0.15, 0.2) is 65.6 Å². The van der Waals surface area contributed by atoms with E-state index in [1.807, 2.05) is 37.3 Å². The van der Waals surface area contributed by atoms with Gasteiger partial charge in [-0.1, -0.05) is 48.5 Å². The Kier molecular flexibility index (Phi) is 8.44. The molecule has 1 atom stereocenters. The summed E-state index contributed by atoms with van der Waals surface area (Å²) < 4.78 is 33.1. The highest BCUT2D eigenvalue weighted by Gasteiger charge is 2.25. The molecule has 0 spiro atoms. The lowest BCUT2D eigenvalue weighted by Crippen LogP contribution is -2.48. The number of nitrogens with one attached hydrogen (secondary N) is 2. The quantitative estimate of drug-likeness (QED) is 0.576. The molecule has 0 aliphatic rings. The number of benzene rings is 2. The summed E-state index contributed by atoms with van der Waals surface area (Å²) in [5.74, 6) is -0.352. The molecule has 0 aliphatic heterocycles. The summed E-state index contributed by atoms with van der Waals surface area (Å²) in [6.07, 6.45) is 0.938. The molecule has 0 radical (unpaired) electrons. The van der Waals surface area contributed by atoms with Gasteiger partial charge in [0.15, 0.2) is 0 Å². The van der Waals surface area contributed by atoms with E-state index in [9.17, 15) is 13.2 Å². The summed E-state index contributed by atoms with van der Waals surface area (Å²) in [7, 11) is -3.80. The van der Waals surface area contributed by atoms with Gasteiger partial charge < -0.3 is 10.1 Å². The Balaban J connectivity index is 2.08. The molecule has 0 saturated heterocycles. The van der Waals surface area contributed by atoms with Crippen LogP contribution in [0.25, 0.3) is 0 Å². The molecule has 2 aromatic rings. The van der Waals surface area contributed by atoms with Gasteiger partial charge in [0.05, 0.1) is 4.90 Å². The van der Waals surface area contributed by atoms with Crippen LogP contribution in [-0.4, -0.2) is 40.1 Å². The van der Waals surface area contributed by atoms with Gasteiger partial charge in [-0.2, -0.15) is 4.72 Å². The molecule has 7 heteroatoms. The third-order valence-electron chi connectivity index (χ3n) is 3.92. The van der Waals surface area contributed by atoms with Crippen molar-refractivity contribution in [2.24, 2.45) is 0 Å². The van der Waals surface area contributed by atoms with Crippen LogP contribution >= 0.6 is 0 Å². The predicted molar refractivity (Wildman–Crippen MR) is 105 cm³/mol. The first kappa shape index (κ1) is 21.1. The number of carbonyl (C=O) groups excluding carboxylic acids is 1. The molecule has 0 aliphatic carbocycles. The second-order valence-electron chi connectivity index (χ2n) is 6.02. The molecule has 0 heterocycles. The summed E-state index contributed by atoms with van der Waals surface area (Å²) in [4.78, 5) is 12.7. The maximum Gasteiger partial charge on any atom is 0.241 e. The van der Waals surface area contributed by atoms with Crippen LogP contribution in [0, 0.1) is 0 Å². The molecule has 2 rings (SSSR count). The minimum Gasteiger partial charge on any atom is -0.382 e. The summed E-state index contributed by atoms with van der Waals surface area (Å²) in [6.45, 7) is 3.52. The molecule has 2 N–H and O–H groups in total. The number of amides is 1. The van der Waals surface area contributed by atoms with Crippen molar-refractivity contribution in [1.29, 1.82) is 0 Å². The van der Waals surface area contributed by atoms with Crippen LogP contribution in [0.1, 0.15) is 18.9 Å². The van der Waals surface area contributed by atoms with Gasteiger partial charge in [0, 0.05) is 19.8 Å². The fourth-order valence-corrected chi connectivity index (χ4v) is 3.76. The van der Waals surface area contributed by atoms with Crippen molar-refractivity contribution in [3.05, 3.63) is 66.2 Å². The third kappa shape index (κ3) is 7.13. The van der Waals surface area contributed by atoms with Gasteiger partial charge in [0.25, 0.3) is 0 Å². The lowest BCUT2D eigenvalue weighted by molar-refractivity contribution is -0.122. The van der Waals surface area contributed by atoms with E-state index in [2.05, 4.69) is 10.0 Å². The van der Waals surface area contributed by atoms with Crippen molar-refractivity contribution in [2.75, 3.05) is 19.8 Å². The first-order valence-corrected chi connectivity index (χ1v) is 10.5. The van der Waals surface area contributed by atoms with Crippen LogP contribution in [0.5, 0.6) is 0 Å². The fourth-order valence-electron chi connectivity index (χ4n) is 2.55. The highest BCUT2D eigenvalue weighted by molar-refractivity contribution is 7.89. The van der Waals surface area contributed by atoms with Gasteiger partial charge in [0.1, 0.15) is 6.04 Å².